The van der Waals surface area contributed by atoms with Crippen LogP contribution in [0.4, 0.5) is 0 Å². The Morgan fingerprint density at radius 1 is 1.27 bits per heavy atom. The van der Waals surface area contributed by atoms with Crippen LogP contribution in [-0.4, -0.2) is 12.6 Å². The lowest BCUT2D eigenvalue weighted by Gasteiger charge is -2.36. The second-order valence-electron chi connectivity index (χ2n) is 7.02. The van der Waals surface area contributed by atoms with E-state index < -0.39 is 0 Å². The standard InChI is InChI=1S/C14H27N/c1-11(2)15-9-12-8-14(12)7-5-6-13(3,4)10-14/h11-12,15H,5-10H2,1-4H3. The van der Waals surface area contributed by atoms with Gasteiger partial charge in [0, 0.05) is 6.04 Å². The molecule has 0 saturated heterocycles. The van der Waals surface area contributed by atoms with Gasteiger partial charge >= 0.3 is 0 Å². The second kappa shape index (κ2) is 3.76. The summed E-state index contributed by atoms with van der Waals surface area (Å²) in [5.41, 5.74) is 1.37. The Balaban J connectivity index is 1.84. The Morgan fingerprint density at radius 3 is 2.60 bits per heavy atom. The summed E-state index contributed by atoms with van der Waals surface area (Å²) in [5, 5.41) is 3.61. The molecule has 0 radical (unpaired) electrons. The minimum atomic E-state index is 0.616. The smallest absolute Gasteiger partial charge is 0.00104 e. The van der Waals surface area contributed by atoms with E-state index >= 15 is 0 Å². The van der Waals surface area contributed by atoms with E-state index in [1.54, 1.807) is 0 Å². The number of hydrogen-bond acceptors (Lipinski definition) is 1. The number of rotatable bonds is 3. The van der Waals surface area contributed by atoms with Gasteiger partial charge in [-0.3, -0.25) is 0 Å². The minimum absolute atomic E-state index is 0.616. The molecule has 2 aliphatic carbocycles. The molecule has 15 heavy (non-hydrogen) atoms. The predicted octanol–water partition coefficient (Wildman–Crippen LogP) is 3.59. The van der Waals surface area contributed by atoms with Crippen molar-refractivity contribution < 1.29 is 0 Å². The van der Waals surface area contributed by atoms with Gasteiger partial charge in [-0.25, -0.2) is 0 Å². The molecule has 1 N–H and O–H groups in total. The zero-order chi connectivity index (χ0) is 11.1. The van der Waals surface area contributed by atoms with Gasteiger partial charge in [0.2, 0.25) is 0 Å². The molecule has 0 heterocycles. The average Bonchev–Trinajstić information content (AvgIpc) is 2.72. The van der Waals surface area contributed by atoms with Crippen LogP contribution >= 0.6 is 0 Å². The van der Waals surface area contributed by atoms with Crippen molar-refractivity contribution in [2.24, 2.45) is 16.7 Å². The molecule has 0 bridgehead atoms. The van der Waals surface area contributed by atoms with Crippen molar-refractivity contribution in [2.45, 2.75) is 65.8 Å². The molecule has 1 heteroatoms. The van der Waals surface area contributed by atoms with Crippen LogP contribution < -0.4 is 5.32 Å². The van der Waals surface area contributed by atoms with Gasteiger partial charge in [-0.1, -0.05) is 34.1 Å². The fourth-order valence-electron chi connectivity index (χ4n) is 3.67. The Hall–Kier alpha value is -0.0400. The van der Waals surface area contributed by atoms with Crippen LogP contribution in [0.2, 0.25) is 0 Å². The predicted molar refractivity (Wildman–Crippen MR) is 65.9 cm³/mol. The quantitative estimate of drug-likeness (QED) is 0.749. The van der Waals surface area contributed by atoms with Crippen molar-refractivity contribution in [1.29, 1.82) is 0 Å². The van der Waals surface area contributed by atoms with Crippen LogP contribution in [0.5, 0.6) is 0 Å². The molecule has 0 aliphatic heterocycles. The molecule has 88 valence electrons. The molecule has 0 aromatic rings. The summed E-state index contributed by atoms with van der Waals surface area (Å²) in [5.74, 6) is 0.986. The van der Waals surface area contributed by atoms with E-state index in [0.29, 0.717) is 11.5 Å². The molecule has 2 atom stereocenters. The van der Waals surface area contributed by atoms with E-state index in [2.05, 4.69) is 33.0 Å². The van der Waals surface area contributed by atoms with Gasteiger partial charge in [0.15, 0.2) is 0 Å². The fraction of sp³-hybridized carbons (Fsp3) is 1.00. The SMILES string of the molecule is CC(C)NCC1CC12CCCC(C)(C)C2. The maximum absolute atomic E-state index is 3.61. The van der Waals surface area contributed by atoms with Crippen molar-refractivity contribution in [1.82, 2.24) is 5.32 Å². The van der Waals surface area contributed by atoms with Crippen molar-refractivity contribution in [3.63, 3.8) is 0 Å². The first kappa shape index (κ1) is 11.4. The van der Waals surface area contributed by atoms with Gasteiger partial charge in [-0.15, -0.1) is 0 Å². The maximum atomic E-state index is 3.61. The molecule has 2 saturated carbocycles. The van der Waals surface area contributed by atoms with Crippen LogP contribution in [0.15, 0.2) is 0 Å². The highest BCUT2D eigenvalue weighted by atomic mass is 14.9. The van der Waals surface area contributed by atoms with Crippen molar-refractivity contribution in [3.8, 4) is 0 Å². The third-order valence-corrected chi connectivity index (χ3v) is 4.49. The highest BCUT2D eigenvalue weighted by Crippen LogP contribution is 2.64. The molecule has 2 unspecified atom stereocenters. The largest absolute Gasteiger partial charge is 0.314 e. The zero-order valence-electron chi connectivity index (χ0n) is 10.9. The van der Waals surface area contributed by atoms with Gasteiger partial charge in [0.25, 0.3) is 0 Å². The molecule has 1 nitrogen and oxygen atoms in total. The Morgan fingerprint density at radius 2 is 2.00 bits per heavy atom. The summed E-state index contributed by atoms with van der Waals surface area (Å²) in [6.07, 6.45) is 7.38. The van der Waals surface area contributed by atoms with Crippen molar-refractivity contribution in [2.75, 3.05) is 6.54 Å². The normalized spacial score (nSPS) is 38.6. The molecule has 0 aromatic heterocycles. The van der Waals surface area contributed by atoms with E-state index in [1.807, 2.05) is 0 Å². The van der Waals surface area contributed by atoms with E-state index in [-0.39, 0.29) is 0 Å². The summed E-state index contributed by atoms with van der Waals surface area (Å²) in [7, 11) is 0. The number of nitrogens with one attached hydrogen (secondary N) is 1. The van der Waals surface area contributed by atoms with Crippen molar-refractivity contribution in [3.05, 3.63) is 0 Å². The molecule has 2 fully saturated rings. The summed E-state index contributed by atoms with van der Waals surface area (Å²) < 4.78 is 0. The van der Waals surface area contributed by atoms with Crippen molar-refractivity contribution >= 4 is 0 Å². The van der Waals surface area contributed by atoms with Crippen LogP contribution in [0, 0.1) is 16.7 Å². The lowest BCUT2D eigenvalue weighted by Crippen LogP contribution is -2.30. The lowest BCUT2D eigenvalue weighted by atomic mass is 9.69. The third kappa shape index (κ3) is 2.55. The first-order chi connectivity index (χ1) is 6.94. The van der Waals surface area contributed by atoms with Crippen LogP contribution in [0.25, 0.3) is 0 Å². The van der Waals surface area contributed by atoms with E-state index in [1.165, 1.54) is 38.6 Å². The van der Waals surface area contributed by atoms with Gasteiger partial charge in [0.05, 0.1) is 0 Å². The van der Waals surface area contributed by atoms with E-state index in [9.17, 15) is 0 Å². The molecule has 0 aromatic carbocycles. The first-order valence-corrected chi connectivity index (χ1v) is 6.67. The molecule has 2 rings (SSSR count). The molecular weight excluding hydrogens is 182 g/mol. The average molecular weight is 209 g/mol. The second-order valence-corrected chi connectivity index (χ2v) is 7.02. The van der Waals surface area contributed by atoms with Gasteiger partial charge in [-0.2, -0.15) is 0 Å². The molecule has 1 spiro atoms. The third-order valence-electron chi connectivity index (χ3n) is 4.49. The van der Waals surface area contributed by atoms with Crippen LogP contribution in [0.1, 0.15) is 59.8 Å². The monoisotopic (exact) mass is 209 g/mol. The fourth-order valence-corrected chi connectivity index (χ4v) is 3.67. The Bertz CT molecular complexity index is 231. The van der Waals surface area contributed by atoms with Crippen LogP contribution in [-0.2, 0) is 0 Å². The highest BCUT2D eigenvalue weighted by Gasteiger charge is 2.56. The Labute approximate surface area is 95.0 Å². The number of hydrogen-bond donors (Lipinski definition) is 1. The molecule has 0 amide bonds. The minimum Gasteiger partial charge on any atom is -0.314 e. The topological polar surface area (TPSA) is 12.0 Å². The van der Waals surface area contributed by atoms with E-state index in [4.69, 9.17) is 0 Å². The molecule has 2 aliphatic rings. The summed E-state index contributed by atoms with van der Waals surface area (Å²) in [6.45, 7) is 10.7. The lowest BCUT2D eigenvalue weighted by molar-refractivity contribution is 0.151. The van der Waals surface area contributed by atoms with Gasteiger partial charge in [0.1, 0.15) is 0 Å². The highest BCUT2D eigenvalue weighted by molar-refractivity contribution is 5.07. The summed E-state index contributed by atoms with van der Waals surface area (Å²) in [4.78, 5) is 0. The van der Waals surface area contributed by atoms with Gasteiger partial charge in [-0.05, 0) is 49.0 Å². The zero-order valence-corrected chi connectivity index (χ0v) is 10.9. The first-order valence-electron chi connectivity index (χ1n) is 6.67. The summed E-state index contributed by atoms with van der Waals surface area (Å²) in [6, 6.07) is 0.652. The van der Waals surface area contributed by atoms with Gasteiger partial charge < -0.3 is 5.32 Å². The molecular formula is C14H27N. The maximum Gasteiger partial charge on any atom is 0.00104 e. The van der Waals surface area contributed by atoms with Crippen LogP contribution in [0.3, 0.4) is 0 Å². The van der Waals surface area contributed by atoms with E-state index in [0.717, 1.165) is 11.3 Å². The summed E-state index contributed by atoms with van der Waals surface area (Å²) >= 11 is 0. The Kier molecular flexibility index (Phi) is 2.87.